The van der Waals surface area contributed by atoms with Crippen LogP contribution in [-0.4, -0.2) is 26.3 Å². The fourth-order valence-corrected chi connectivity index (χ4v) is 4.41. The van der Waals surface area contributed by atoms with Crippen LogP contribution >= 0.6 is 20.2 Å². The largest absolute Gasteiger partial charge is 0.355 e. The first-order valence-electron chi connectivity index (χ1n) is 6.33. The van der Waals surface area contributed by atoms with Gasteiger partial charge in [-0.15, -0.1) is 0 Å². The van der Waals surface area contributed by atoms with E-state index in [-0.39, 0.29) is 23.8 Å². The summed E-state index contributed by atoms with van der Waals surface area (Å²) >= 11 is 3.92. The third-order valence-electron chi connectivity index (χ3n) is 2.45. The molecule has 1 atom stereocenters. The van der Waals surface area contributed by atoms with Crippen molar-refractivity contribution in [1.82, 2.24) is 0 Å². The fraction of sp³-hybridized carbons (Fsp3) is 0.500. The van der Waals surface area contributed by atoms with Crippen LogP contribution in [-0.2, 0) is 29.1 Å². The van der Waals surface area contributed by atoms with Crippen molar-refractivity contribution < 1.29 is 31.0 Å². The van der Waals surface area contributed by atoms with E-state index in [1.807, 2.05) is 0 Å². The van der Waals surface area contributed by atoms with E-state index in [9.17, 15) is 22.3 Å². The molecule has 0 aliphatic rings. The van der Waals surface area contributed by atoms with Crippen molar-refractivity contribution in [3.05, 3.63) is 29.6 Å². The lowest BCUT2D eigenvalue weighted by Crippen LogP contribution is -2.13. The Morgan fingerprint density at radius 1 is 1.41 bits per heavy atom. The van der Waals surface area contributed by atoms with E-state index in [4.69, 9.17) is 4.52 Å². The molecule has 1 aromatic rings. The van der Waals surface area contributed by atoms with E-state index in [0.717, 1.165) is 6.07 Å². The van der Waals surface area contributed by atoms with Crippen molar-refractivity contribution in [3.63, 3.8) is 0 Å². The predicted octanol–water partition coefficient (Wildman–Crippen LogP) is 2.78. The van der Waals surface area contributed by atoms with Crippen molar-refractivity contribution in [2.24, 2.45) is 5.92 Å². The van der Waals surface area contributed by atoms with Gasteiger partial charge in [-0.3, -0.25) is 8.75 Å². The highest BCUT2D eigenvalue weighted by Crippen LogP contribution is 2.43. The molecule has 22 heavy (non-hydrogen) atoms. The zero-order valence-electron chi connectivity index (χ0n) is 12.1. The molecule has 0 aliphatic carbocycles. The van der Waals surface area contributed by atoms with Gasteiger partial charge in [-0.2, -0.15) is 21.0 Å². The van der Waals surface area contributed by atoms with Gasteiger partial charge in [0, 0.05) is 5.75 Å². The maximum Gasteiger partial charge on any atom is 0.355 e. The van der Waals surface area contributed by atoms with Gasteiger partial charge in [0.1, 0.15) is 10.7 Å². The number of benzene rings is 1. The molecule has 0 aliphatic heterocycles. The molecule has 6 nitrogen and oxygen atoms in total. The van der Waals surface area contributed by atoms with Crippen LogP contribution in [0, 0.1) is 11.7 Å². The Bertz CT molecular complexity index is 662. The Morgan fingerprint density at radius 3 is 2.59 bits per heavy atom. The zero-order chi connectivity index (χ0) is 17.0. The molecule has 0 spiro atoms. The number of thiol groups is 1. The molecule has 126 valence electrons. The Labute approximate surface area is 134 Å². The summed E-state index contributed by atoms with van der Waals surface area (Å²) in [5.41, 5.74) is 0.0965. The lowest BCUT2D eigenvalue weighted by Gasteiger charge is -2.15. The number of hydrogen-bond acceptors (Lipinski definition) is 6. The molecule has 0 saturated carbocycles. The first-order chi connectivity index (χ1) is 10.1. The lowest BCUT2D eigenvalue weighted by molar-refractivity contribution is 0.209. The van der Waals surface area contributed by atoms with Gasteiger partial charge < -0.3 is 9.42 Å². The quantitative estimate of drug-likeness (QED) is 0.414. The minimum Gasteiger partial charge on any atom is -0.323 e. The Balaban J connectivity index is 2.92. The van der Waals surface area contributed by atoms with Crippen molar-refractivity contribution in [2.45, 2.75) is 24.5 Å². The van der Waals surface area contributed by atoms with E-state index >= 15 is 0 Å². The molecule has 1 N–H and O–H groups in total. The highest BCUT2D eigenvalue weighted by atomic mass is 32.2. The standard InChI is InChI=1S/C12H18FO6PS2/c1-9(2)6-18-20(14,15)8-19-22(16,17)12-10(7-21)4-3-5-11(12)13/h3-5,9,21H,6-8H2,1-2H3,(H,14,15). The van der Waals surface area contributed by atoms with E-state index in [1.165, 1.54) is 12.1 Å². The molecule has 1 rings (SSSR count). The maximum atomic E-state index is 13.8. The van der Waals surface area contributed by atoms with Crippen LogP contribution < -0.4 is 0 Å². The first-order valence-corrected chi connectivity index (χ1v) is 10.1. The van der Waals surface area contributed by atoms with E-state index in [1.54, 1.807) is 13.8 Å². The van der Waals surface area contributed by atoms with E-state index in [0.29, 0.717) is 0 Å². The van der Waals surface area contributed by atoms with Crippen LogP contribution in [0.4, 0.5) is 4.39 Å². The van der Waals surface area contributed by atoms with Gasteiger partial charge in [0.05, 0.1) is 6.61 Å². The van der Waals surface area contributed by atoms with Gasteiger partial charge in [-0.25, -0.2) is 4.39 Å². The van der Waals surface area contributed by atoms with Gasteiger partial charge in [0.25, 0.3) is 0 Å². The summed E-state index contributed by atoms with van der Waals surface area (Å²) in [7, 11) is -8.79. The van der Waals surface area contributed by atoms with Crippen molar-refractivity contribution in [1.29, 1.82) is 0 Å². The summed E-state index contributed by atoms with van der Waals surface area (Å²) in [4.78, 5) is 8.82. The van der Waals surface area contributed by atoms with E-state index < -0.39 is 34.8 Å². The van der Waals surface area contributed by atoms with Gasteiger partial charge in [0.15, 0.2) is 6.35 Å². The Morgan fingerprint density at radius 2 is 2.05 bits per heavy atom. The molecular formula is C12H18FO6PS2. The molecular weight excluding hydrogens is 354 g/mol. The topological polar surface area (TPSA) is 89.9 Å². The van der Waals surface area contributed by atoms with Crippen LogP contribution in [0.25, 0.3) is 0 Å². The number of halogens is 1. The van der Waals surface area contributed by atoms with Crippen LogP contribution in [0.5, 0.6) is 0 Å². The molecule has 0 radical (unpaired) electrons. The summed E-state index contributed by atoms with van der Waals surface area (Å²) in [5.74, 6) is -1.06. The molecule has 0 bridgehead atoms. The second kappa shape index (κ2) is 7.90. The van der Waals surface area contributed by atoms with Crippen LogP contribution in [0.3, 0.4) is 0 Å². The fourth-order valence-electron chi connectivity index (χ4n) is 1.46. The third-order valence-corrected chi connectivity index (χ3v) is 5.36. The molecule has 0 fully saturated rings. The van der Waals surface area contributed by atoms with Crippen molar-refractivity contribution in [2.75, 3.05) is 13.0 Å². The van der Waals surface area contributed by atoms with Crippen molar-refractivity contribution in [3.8, 4) is 0 Å². The summed E-state index contributed by atoms with van der Waals surface area (Å²) < 4.78 is 58.7. The van der Waals surface area contributed by atoms with Gasteiger partial charge in [0.2, 0.25) is 0 Å². The lowest BCUT2D eigenvalue weighted by atomic mass is 10.2. The minimum atomic E-state index is -4.54. The SMILES string of the molecule is CC(C)COP(=O)(O)COS(=O)(=O)c1c(F)cccc1CS. The highest BCUT2D eigenvalue weighted by Gasteiger charge is 2.29. The van der Waals surface area contributed by atoms with Crippen LogP contribution in [0.15, 0.2) is 23.1 Å². The van der Waals surface area contributed by atoms with Gasteiger partial charge >= 0.3 is 17.7 Å². The van der Waals surface area contributed by atoms with Gasteiger partial charge in [-0.05, 0) is 17.5 Å². The van der Waals surface area contributed by atoms with Crippen molar-refractivity contribution >= 4 is 30.3 Å². The average molecular weight is 372 g/mol. The zero-order valence-corrected chi connectivity index (χ0v) is 14.7. The summed E-state index contributed by atoms with van der Waals surface area (Å²) in [5, 5.41) is 0. The second-order valence-corrected chi connectivity index (χ2v) is 8.57. The molecule has 10 heteroatoms. The molecule has 1 unspecified atom stereocenters. The second-order valence-electron chi connectivity index (χ2n) is 4.91. The molecule has 0 heterocycles. The summed E-state index contributed by atoms with van der Waals surface area (Å²) in [6.45, 7) is 3.49. The monoisotopic (exact) mass is 372 g/mol. The van der Waals surface area contributed by atoms with Crippen LogP contribution in [0.1, 0.15) is 19.4 Å². The summed E-state index contributed by atoms with van der Waals surface area (Å²) in [6.07, 6.45) is -1.08. The third kappa shape index (κ3) is 5.64. The molecule has 0 aromatic heterocycles. The smallest absolute Gasteiger partial charge is 0.323 e. The minimum absolute atomic E-state index is 0.0144. The maximum absolute atomic E-state index is 13.8. The average Bonchev–Trinajstić information content (AvgIpc) is 2.43. The van der Waals surface area contributed by atoms with Crippen LogP contribution in [0.2, 0.25) is 0 Å². The van der Waals surface area contributed by atoms with Gasteiger partial charge in [-0.1, -0.05) is 26.0 Å². The Hall–Kier alpha value is -0.440. The predicted molar refractivity (Wildman–Crippen MR) is 82.8 cm³/mol. The summed E-state index contributed by atoms with van der Waals surface area (Å²) in [6, 6.07) is 3.67. The highest BCUT2D eigenvalue weighted by molar-refractivity contribution is 7.87. The molecule has 0 saturated heterocycles. The Kier molecular flexibility index (Phi) is 7.04. The first kappa shape index (κ1) is 19.6. The number of rotatable bonds is 8. The molecule has 1 aromatic carbocycles. The van der Waals surface area contributed by atoms with E-state index in [2.05, 4.69) is 16.8 Å². The normalized spacial score (nSPS) is 15.0. The molecule has 0 amide bonds. The number of hydrogen-bond donors (Lipinski definition) is 2.